The molecule has 4 nitrogen and oxygen atoms in total. The van der Waals surface area contributed by atoms with Gasteiger partial charge in [0.2, 0.25) is 0 Å². The number of nitrogens with zero attached hydrogens (tertiary/aromatic N) is 2. The largest absolute Gasteiger partial charge is 0.495 e. The molecule has 4 heteroatoms. The standard InChI is InChI=1S/C19H25N3O/c1-15(18-8-11-20-14-19(18)23-2)21-16-9-12-22(13-10-16)17-6-4-3-5-7-17/h3-8,11,14-16,21H,9-10,12-13H2,1-2H3/t15-/m0/s1. The predicted octanol–water partition coefficient (Wildman–Crippen LogP) is 3.41. The molecular weight excluding hydrogens is 286 g/mol. The van der Waals surface area contributed by atoms with E-state index in [0.717, 1.165) is 31.7 Å². The Morgan fingerprint density at radius 3 is 2.61 bits per heavy atom. The Morgan fingerprint density at radius 2 is 1.91 bits per heavy atom. The fraction of sp³-hybridized carbons (Fsp3) is 0.421. The smallest absolute Gasteiger partial charge is 0.141 e. The van der Waals surface area contributed by atoms with Crippen molar-refractivity contribution in [2.24, 2.45) is 0 Å². The van der Waals surface area contributed by atoms with E-state index in [1.807, 2.05) is 12.3 Å². The van der Waals surface area contributed by atoms with E-state index in [4.69, 9.17) is 4.74 Å². The second-order valence-electron chi connectivity index (χ2n) is 6.10. The van der Waals surface area contributed by atoms with Crippen LogP contribution in [0.2, 0.25) is 0 Å². The van der Waals surface area contributed by atoms with Gasteiger partial charge >= 0.3 is 0 Å². The van der Waals surface area contributed by atoms with Crippen molar-refractivity contribution in [3.05, 3.63) is 54.4 Å². The second kappa shape index (κ2) is 7.47. The van der Waals surface area contributed by atoms with E-state index in [-0.39, 0.29) is 6.04 Å². The predicted molar refractivity (Wildman–Crippen MR) is 94.0 cm³/mol. The van der Waals surface area contributed by atoms with Gasteiger partial charge in [0.05, 0.1) is 13.3 Å². The number of hydrogen-bond donors (Lipinski definition) is 1. The Kier molecular flexibility index (Phi) is 5.13. The molecule has 1 aliphatic heterocycles. The third kappa shape index (κ3) is 3.82. The van der Waals surface area contributed by atoms with Crippen LogP contribution in [0.5, 0.6) is 5.75 Å². The van der Waals surface area contributed by atoms with E-state index < -0.39 is 0 Å². The Bertz CT molecular complexity index is 609. The van der Waals surface area contributed by atoms with Gasteiger partial charge < -0.3 is 15.0 Å². The number of rotatable bonds is 5. The molecule has 1 aromatic carbocycles. The first-order chi connectivity index (χ1) is 11.3. The molecule has 1 N–H and O–H groups in total. The Labute approximate surface area is 138 Å². The van der Waals surface area contributed by atoms with Gasteiger partial charge in [-0.2, -0.15) is 0 Å². The number of ether oxygens (including phenoxy) is 1. The molecule has 1 fully saturated rings. The van der Waals surface area contributed by atoms with Crippen molar-refractivity contribution in [1.29, 1.82) is 0 Å². The monoisotopic (exact) mass is 311 g/mol. The molecule has 1 atom stereocenters. The number of benzene rings is 1. The Hall–Kier alpha value is -2.07. The molecule has 1 aliphatic rings. The van der Waals surface area contributed by atoms with Gasteiger partial charge in [0.25, 0.3) is 0 Å². The lowest BCUT2D eigenvalue weighted by Crippen LogP contribution is -2.43. The minimum Gasteiger partial charge on any atom is -0.495 e. The average molecular weight is 311 g/mol. The molecule has 0 amide bonds. The highest BCUT2D eigenvalue weighted by molar-refractivity contribution is 5.46. The summed E-state index contributed by atoms with van der Waals surface area (Å²) in [6, 6.07) is 13.5. The molecule has 2 heterocycles. The molecule has 0 bridgehead atoms. The molecule has 3 rings (SSSR count). The first kappa shape index (κ1) is 15.8. The quantitative estimate of drug-likeness (QED) is 0.918. The number of pyridine rings is 1. The van der Waals surface area contributed by atoms with Crippen LogP contribution in [0.3, 0.4) is 0 Å². The molecule has 0 spiro atoms. The number of anilines is 1. The summed E-state index contributed by atoms with van der Waals surface area (Å²) in [7, 11) is 1.70. The lowest BCUT2D eigenvalue weighted by atomic mass is 10.0. The first-order valence-electron chi connectivity index (χ1n) is 8.32. The SMILES string of the molecule is COc1cnccc1[C@H](C)NC1CCN(c2ccccc2)CC1. The summed E-state index contributed by atoms with van der Waals surface area (Å²) in [5.74, 6) is 0.856. The normalized spacial score (nSPS) is 17.0. The lowest BCUT2D eigenvalue weighted by molar-refractivity contribution is 0.364. The summed E-state index contributed by atoms with van der Waals surface area (Å²) in [6.07, 6.45) is 5.93. The van der Waals surface area contributed by atoms with E-state index in [0.29, 0.717) is 6.04 Å². The number of piperidine rings is 1. The van der Waals surface area contributed by atoms with Crippen LogP contribution >= 0.6 is 0 Å². The zero-order valence-electron chi connectivity index (χ0n) is 13.9. The number of hydrogen-bond acceptors (Lipinski definition) is 4. The van der Waals surface area contributed by atoms with E-state index in [9.17, 15) is 0 Å². The van der Waals surface area contributed by atoms with Gasteiger partial charge in [-0.15, -0.1) is 0 Å². The van der Waals surface area contributed by atoms with Crippen LogP contribution in [0.1, 0.15) is 31.4 Å². The second-order valence-corrected chi connectivity index (χ2v) is 6.10. The highest BCUT2D eigenvalue weighted by atomic mass is 16.5. The summed E-state index contributed by atoms with van der Waals surface area (Å²) in [5.41, 5.74) is 2.50. The van der Waals surface area contributed by atoms with Crippen molar-refractivity contribution in [3.8, 4) is 5.75 Å². The maximum Gasteiger partial charge on any atom is 0.141 e. The maximum atomic E-state index is 5.42. The van der Waals surface area contributed by atoms with Crippen molar-refractivity contribution in [1.82, 2.24) is 10.3 Å². The summed E-state index contributed by atoms with van der Waals surface area (Å²) in [4.78, 5) is 6.60. The van der Waals surface area contributed by atoms with Crippen LogP contribution in [0.15, 0.2) is 48.8 Å². The number of methoxy groups -OCH3 is 1. The molecule has 0 unspecified atom stereocenters. The molecular formula is C19H25N3O. The van der Waals surface area contributed by atoms with Gasteiger partial charge in [-0.05, 0) is 38.0 Å². The third-order valence-corrected chi connectivity index (χ3v) is 4.60. The first-order valence-corrected chi connectivity index (χ1v) is 8.32. The topological polar surface area (TPSA) is 37.4 Å². The summed E-state index contributed by atoms with van der Waals surface area (Å²) in [6.45, 7) is 4.39. The summed E-state index contributed by atoms with van der Waals surface area (Å²) in [5, 5.41) is 3.75. The molecule has 122 valence electrons. The van der Waals surface area contributed by atoms with Crippen LogP contribution in [-0.4, -0.2) is 31.2 Å². The Morgan fingerprint density at radius 1 is 1.17 bits per heavy atom. The number of aromatic nitrogens is 1. The summed E-state index contributed by atoms with van der Waals surface area (Å²) < 4.78 is 5.42. The molecule has 0 radical (unpaired) electrons. The van der Waals surface area contributed by atoms with E-state index >= 15 is 0 Å². The summed E-state index contributed by atoms with van der Waals surface area (Å²) >= 11 is 0. The number of nitrogens with one attached hydrogen (secondary N) is 1. The molecule has 1 aromatic heterocycles. The highest BCUT2D eigenvalue weighted by Crippen LogP contribution is 2.26. The minimum absolute atomic E-state index is 0.265. The highest BCUT2D eigenvalue weighted by Gasteiger charge is 2.22. The zero-order valence-corrected chi connectivity index (χ0v) is 13.9. The van der Waals surface area contributed by atoms with E-state index in [2.05, 4.69) is 52.5 Å². The van der Waals surface area contributed by atoms with Gasteiger partial charge in [-0.25, -0.2) is 0 Å². The van der Waals surface area contributed by atoms with Crippen molar-refractivity contribution in [2.45, 2.75) is 31.8 Å². The van der Waals surface area contributed by atoms with Gasteiger partial charge in [-0.1, -0.05) is 18.2 Å². The van der Waals surface area contributed by atoms with Crippen molar-refractivity contribution >= 4 is 5.69 Å². The van der Waals surface area contributed by atoms with Crippen molar-refractivity contribution in [2.75, 3.05) is 25.1 Å². The fourth-order valence-electron chi connectivity index (χ4n) is 3.31. The maximum absolute atomic E-state index is 5.42. The van der Waals surface area contributed by atoms with Gasteiger partial charge in [-0.3, -0.25) is 4.98 Å². The van der Waals surface area contributed by atoms with Crippen molar-refractivity contribution < 1.29 is 4.74 Å². The third-order valence-electron chi connectivity index (χ3n) is 4.60. The van der Waals surface area contributed by atoms with Crippen LogP contribution in [0, 0.1) is 0 Å². The van der Waals surface area contributed by atoms with Gasteiger partial charge in [0, 0.05) is 42.6 Å². The van der Waals surface area contributed by atoms with Crippen LogP contribution in [0.25, 0.3) is 0 Å². The molecule has 23 heavy (non-hydrogen) atoms. The van der Waals surface area contributed by atoms with Crippen LogP contribution in [0.4, 0.5) is 5.69 Å². The lowest BCUT2D eigenvalue weighted by Gasteiger charge is -2.35. The Balaban J connectivity index is 1.56. The molecule has 2 aromatic rings. The van der Waals surface area contributed by atoms with Crippen LogP contribution in [-0.2, 0) is 0 Å². The minimum atomic E-state index is 0.265. The molecule has 0 aliphatic carbocycles. The fourth-order valence-corrected chi connectivity index (χ4v) is 3.31. The van der Waals surface area contributed by atoms with Crippen molar-refractivity contribution in [3.63, 3.8) is 0 Å². The number of para-hydroxylation sites is 1. The van der Waals surface area contributed by atoms with E-state index in [1.54, 1.807) is 13.3 Å². The molecule has 1 saturated heterocycles. The van der Waals surface area contributed by atoms with Crippen LogP contribution < -0.4 is 15.0 Å². The van der Waals surface area contributed by atoms with Gasteiger partial charge in [0.1, 0.15) is 5.75 Å². The van der Waals surface area contributed by atoms with Gasteiger partial charge in [0.15, 0.2) is 0 Å². The molecule has 0 saturated carbocycles. The zero-order chi connectivity index (χ0) is 16.1. The average Bonchev–Trinajstić information content (AvgIpc) is 2.63. The van der Waals surface area contributed by atoms with E-state index in [1.165, 1.54) is 11.3 Å².